The topological polar surface area (TPSA) is 78.5 Å². The second-order valence-corrected chi connectivity index (χ2v) is 8.01. The summed E-state index contributed by atoms with van der Waals surface area (Å²) in [5, 5.41) is 7.65. The van der Waals surface area contributed by atoms with Crippen LogP contribution in [0.5, 0.6) is 0 Å². The van der Waals surface area contributed by atoms with E-state index in [0.29, 0.717) is 37.4 Å². The van der Waals surface area contributed by atoms with Crippen molar-refractivity contribution in [3.05, 3.63) is 22.4 Å². The summed E-state index contributed by atoms with van der Waals surface area (Å²) >= 11 is 1.36. The van der Waals surface area contributed by atoms with Crippen LogP contribution < -0.4 is 10.6 Å². The largest absolute Gasteiger partial charge is 0.356 e. The maximum atomic E-state index is 12.9. The summed E-state index contributed by atoms with van der Waals surface area (Å²) in [6.07, 6.45) is 2.26. The summed E-state index contributed by atoms with van der Waals surface area (Å²) in [5.74, 6) is -0.204. The van der Waals surface area contributed by atoms with Gasteiger partial charge in [-0.2, -0.15) is 0 Å². The molecule has 1 aromatic rings. The van der Waals surface area contributed by atoms with Gasteiger partial charge in [0.2, 0.25) is 11.8 Å². The Morgan fingerprint density at radius 2 is 1.96 bits per heavy atom. The minimum Gasteiger partial charge on any atom is -0.356 e. The summed E-state index contributed by atoms with van der Waals surface area (Å²) in [6, 6.07) is 3.03. The molecule has 1 aliphatic rings. The van der Waals surface area contributed by atoms with Gasteiger partial charge in [0.05, 0.1) is 4.88 Å². The van der Waals surface area contributed by atoms with E-state index in [1.54, 1.807) is 11.0 Å². The Labute approximate surface area is 159 Å². The Bertz CT molecular complexity index is 608. The Morgan fingerprint density at radius 3 is 2.50 bits per heavy atom. The fraction of sp³-hybridized carbons (Fsp3) is 0.632. The first-order chi connectivity index (χ1) is 12.4. The lowest BCUT2D eigenvalue weighted by molar-refractivity contribution is -0.138. The van der Waals surface area contributed by atoms with E-state index in [1.165, 1.54) is 11.3 Å². The highest BCUT2D eigenvalue weighted by Crippen LogP contribution is 2.20. The maximum absolute atomic E-state index is 12.9. The first-order valence-electron chi connectivity index (χ1n) is 9.34. The molecule has 0 saturated carbocycles. The molecule has 2 N–H and O–H groups in total. The van der Waals surface area contributed by atoms with Crippen molar-refractivity contribution in [2.24, 2.45) is 11.8 Å². The van der Waals surface area contributed by atoms with Crippen LogP contribution in [0.4, 0.5) is 0 Å². The molecule has 1 aliphatic heterocycles. The number of rotatable bonds is 7. The van der Waals surface area contributed by atoms with E-state index >= 15 is 0 Å². The van der Waals surface area contributed by atoms with E-state index in [1.807, 2.05) is 32.2 Å². The van der Waals surface area contributed by atoms with Gasteiger partial charge in [0.15, 0.2) is 0 Å². The highest BCUT2D eigenvalue weighted by molar-refractivity contribution is 7.12. The zero-order chi connectivity index (χ0) is 19.1. The summed E-state index contributed by atoms with van der Waals surface area (Å²) in [5.41, 5.74) is 0. The molecule has 2 rings (SSSR count). The minimum absolute atomic E-state index is 0.00279. The first kappa shape index (κ1) is 20.4. The number of piperidine rings is 1. The van der Waals surface area contributed by atoms with Crippen LogP contribution in [-0.2, 0) is 9.59 Å². The molecule has 0 radical (unpaired) electrons. The average molecular weight is 380 g/mol. The Morgan fingerprint density at radius 1 is 1.27 bits per heavy atom. The zero-order valence-electron chi connectivity index (χ0n) is 15.8. The Balaban J connectivity index is 1.91. The molecule has 0 spiro atoms. The molecule has 1 unspecified atom stereocenters. The third-order valence-electron chi connectivity index (χ3n) is 4.69. The normalized spacial score (nSPS) is 16.4. The van der Waals surface area contributed by atoms with Crippen LogP contribution in [0, 0.1) is 11.8 Å². The van der Waals surface area contributed by atoms with Crippen molar-refractivity contribution in [1.29, 1.82) is 0 Å². The predicted octanol–water partition coefficient (Wildman–Crippen LogP) is 2.27. The second-order valence-electron chi connectivity index (χ2n) is 7.06. The van der Waals surface area contributed by atoms with E-state index in [9.17, 15) is 14.4 Å². The molecule has 1 atom stereocenters. The van der Waals surface area contributed by atoms with Crippen LogP contribution in [0.1, 0.15) is 49.7 Å². The van der Waals surface area contributed by atoms with Gasteiger partial charge in [-0.15, -0.1) is 11.3 Å². The number of carbonyl (C=O) groups is 3. The lowest BCUT2D eigenvalue weighted by Gasteiger charge is -2.35. The van der Waals surface area contributed by atoms with Gasteiger partial charge in [-0.1, -0.05) is 26.8 Å². The summed E-state index contributed by atoms with van der Waals surface area (Å²) in [7, 11) is 0. The SMILES string of the molecule is CCCNC(=O)C1CCN(C(=O)C(NC(=O)c2cccs2)C(C)C)CC1. The van der Waals surface area contributed by atoms with Gasteiger partial charge in [0.25, 0.3) is 5.91 Å². The van der Waals surface area contributed by atoms with Gasteiger partial charge in [0.1, 0.15) is 6.04 Å². The fourth-order valence-corrected chi connectivity index (χ4v) is 3.71. The Hall–Kier alpha value is -1.89. The maximum Gasteiger partial charge on any atom is 0.262 e. The molecule has 0 aromatic carbocycles. The van der Waals surface area contributed by atoms with Gasteiger partial charge in [-0.3, -0.25) is 14.4 Å². The van der Waals surface area contributed by atoms with E-state index in [-0.39, 0.29) is 29.6 Å². The zero-order valence-corrected chi connectivity index (χ0v) is 16.6. The molecule has 144 valence electrons. The monoisotopic (exact) mass is 379 g/mol. The Kier molecular flexibility index (Phi) is 7.63. The predicted molar refractivity (Wildman–Crippen MR) is 103 cm³/mol. The van der Waals surface area contributed by atoms with E-state index < -0.39 is 6.04 Å². The van der Waals surface area contributed by atoms with Crippen molar-refractivity contribution in [2.45, 2.75) is 46.1 Å². The van der Waals surface area contributed by atoms with Crippen molar-refractivity contribution in [3.8, 4) is 0 Å². The lowest BCUT2D eigenvalue weighted by Crippen LogP contribution is -2.53. The van der Waals surface area contributed by atoms with Crippen molar-refractivity contribution >= 4 is 29.1 Å². The average Bonchev–Trinajstić information content (AvgIpc) is 3.18. The van der Waals surface area contributed by atoms with Crippen molar-refractivity contribution in [3.63, 3.8) is 0 Å². The van der Waals surface area contributed by atoms with Crippen LogP contribution >= 0.6 is 11.3 Å². The van der Waals surface area contributed by atoms with Crippen molar-refractivity contribution in [1.82, 2.24) is 15.5 Å². The molecule has 0 aliphatic carbocycles. The van der Waals surface area contributed by atoms with Gasteiger partial charge >= 0.3 is 0 Å². The molecule has 1 saturated heterocycles. The number of hydrogen-bond donors (Lipinski definition) is 2. The number of nitrogens with one attached hydrogen (secondary N) is 2. The number of amides is 3. The van der Waals surface area contributed by atoms with Gasteiger partial charge in [0, 0.05) is 25.6 Å². The number of hydrogen-bond acceptors (Lipinski definition) is 4. The molecular formula is C19H29N3O3S. The van der Waals surface area contributed by atoms with Crippen LogP contribution in [-0.4, -0.2) is 48.3 Å². The second kappa shape index (κ2) is 9.71. The van der Waals surface area contributed by atoms with E-state index in [0.717, 1.165) is 6.42 Å². The molecule has 2 heterocycles. The number of carbonyl (C=O) groups excluding carboxylic acids is 3. The number of nitrogens with zero attached hydrogens (tertiary/aromatic N) is 1. The van der Waals surface area contributed by atoms with Crippen LogP contribution in [0.25, 0.3) is 0 Å². The smallest absolute Gasteiger partial charge is 0.262 e. The fourth-order valence-electron chi connectivity index (χ4n) is 3.08. The standard InChI is InChI=1S/C19H29N3O3S/c1-4-9-20-17(23)14-7-10-22(11-8-14)19(25)16(13(2)3)21-18(24)15-6-5-12-26-15/h5-6,12-14,16H,4,7-11H2,1-3H3,(H,20,23)(H,21,24). The third-order valence-corrected chi connectivity index (χ3v) is 5.56. The third kappa shape index (κ3) is 5.30. The van der Waals surface area contributed by atoms with E-state index in [2.05, 4.69) is 10.6 Å². The molecule has 1 aromatic heterocycles. The van der Waals surface area contributed by atoms with Gasteiger partial charge in [-0.05, 0) is 36.6 Å². The van der Waals surface area contributed by atoms with Crippen molar-refractivity contribution in [2.75, 3.05) is 19.6 Å². The number of thiophene rings is 1. The summed E-state index contributed by atoms with van der Waals surface area (Å²) < 4.78 is 0. The molecule has 3 amide bonds. The molecule has 7 heteroatoms. The highest BCUT2D eigenvalue weighted by atomic mass is 32.1. The number of likely N-dealkylation sites (tertiary alicyclic amines) is 1. The molecular weight excluding hydrogens is 350 g/mol. The molecule has 0 bridgehead atoms. The van der Waals surface area contributed by atoms with Crippen molar-refractivity contribution < 1.29 is 14.4 Å². The van der Waals surface area contributed by atoms with Crippen LogP contribution in [0.2, 0.25) is 0 Å². The van der Waals surface area contributed by atoms with E-state index in [4.69, 9.17) is 0 Å². The minimum atomic E-state index is -0.546. The lowest BCUT2D eigenvalue weighted by atomic mass is 9.94. The van der Waals surface area contributed by atoms with Crippen LogP contribution in [0.3, 0.4) is 0 Å². The highest BCUT2D eigenvalue weighted by Gasteiger charge is 2.33. The van der Waals surface area contributed by atoms with Gasteiger partial charge < -0.3 is 15.5 Å². The molecule has 26 heavy (non-hydrogen) atoms. The van der Waals surface area contributed by atoms with Gasteiger partial charge in [-0.25, -0.2) is 0 Å². The molecule has 1 fully saturated rings. The molecule has 6 nitrogen and oxygen atoms in total. The quantitative estimate of drug-likeness (QED) is 0.763. The van der Waals surface area contributed by atoms with Crippen LogP contribution in [0.15, 0.2) is 17.5 Å². The summed E-state index contributed by atoms with van der Waals surface area (Å²) in [4.78, 5) is 39.7. The first-order valence-corrected chi connectivity index (χ1v) is 10.2. The summed E-state index contributed by atoms with van der Waals surface area (Å²) in [6.45, 7) is 7.70.